The van der Waals surface area contributed by atoms with Crippen molar-refractivity contribution in [3.63, 3.8) is 0 Å². The van der Waals surface area contributed by atoms with Gasteiger partial charge in [0.05, 0.1) is 17.7 Å². The molecule has 1 N–H and O–H groups in total. The van der Waals surface area contributed by atoms with E-state index in [-0.39, 0.29) is 16.5 Å². The van der Waals surface area contributed by atoms with Crippen LogP contribution in [0.1, 0.15) is 26.3 Å². The summed E-state index contributed by atoms with van der Waals surface area (Å²) in [5.74, 6) is -0.298. The second-order valence-electron chi connectivity index (χ2n) is 6.04. The lowest BCUT2D eigenvalue weighted by molar-refractivity contribution is 0.0600. The molecule has 0 aromatic heterocycles. The zero-order valence-electron chi connectivity index (χ0n) is 15.4. The lowest BCUT2D eigenvalue weighted by Gasteiger charge is -2.10. The molecule has 0 saturated heterocycles. The first kappa shape index (κ1) is 20.7. The molecule has 0 aliphatic carbocycles. The number of methoxy groups -OCH3 is 1. The molecule has 3 rings (SSSR count). The number of carbonyl (C=O) groups is 2. The number of hydrogen-bond donors (Lipinski definition) is 1. The lowest BCUT2D eigenvalue weighted by atomic mass is 10.1. The Hall–Kier alpha value is -3.02. The van der Waals surface area contributed by atoms with E-state index in [0.717, 1.165) is 5.56 Å². The fraction of sp³-hybridized carbons (Fsp3) is 0.0909. The van der Waals surface area contributed by atoms with Crippen LogP contribution in [0.3, 0.4) is 0 Å². The van der Waals surface area contributed by atoms with E-state index >= 15 is 0 Å². The van der Waals surface area contributed by atoms with Crippen LogP contribution < -0.4 is 10.1 Å². The Morgan fingerprint density at radius 3 is 2.34 bits per heavy atom. The Morgan fingerprint density at radius 2 is 1.66 bits per heavy atom. The topological polar surface area (TPSA) is 64.6 Å². The van der Waals surface area contributed by atoms with Crippen molar-refractivity contribution in [1.82, 2.24) is 0 Å². The summed E-state index contributed by atoms with van der Waals surface area (Å²) in [6.07, 6.45) is 0. The van der Waals surface area contributed by atoms with Gasteiger partial charge in [-0.05, 0) is 48.5 Å². The van der Waals surface area contributed by atoms with Crippen molar-refractivity contribution in [3.05, 3.63) is 93.5 Å². The highest BCUT2D eigenvalue weighted by Gasteiger charge is 2.13. The van der Waals surface area contributed by atoms with Crippen LogP contribution in [0, 0.1) is 0 Å². The van der Waals surface area contributed by atoms with E-state index in [4.69, 9.17) is 27.9 Å². The molecule has 0 saturated carbocycles. The molecule has 0 bridgehead atoms. The second kappa shape index (κ2) is 9.45. The van der Waals surface area contributed by atoms with Crippen LogP contribution >= 0.6 is 23.2 Å². The molecular weight excluding hydrogens is 413 g/mol. The number of amides is 1. The van der Waals surface area contributed by atoms with Gasteiger partial charge in [-0.3, -0.25) is 4.79 Å². The highest BCUT2D eigenvalue weighted by molar-refractivity contribution is 6.33. The summed E-state index contributed by atoms with van der Waals surface area (Å²) < 4.78 is 10.4. The van der Waals surface area contributed by atoms with Gasteiger partial charge in [0.15, 0.2) is 0 Å². The van der Waals surface area contributed by atoms with Crippen molar-refractivity contribution in [3.8, 4) is 5.75 Å². The number of nitrogens with one attached hydrogen (secondary N) is 1. The highest BCUT2D eigenvalue weighted by atomic mass is 35.5. The zero-order valence-corrected chi connectivity index (χ0v) is 17.0. The number of benzene rings is 3. The Balaban J connectivity index is 1.65. The average Bonchev–Trinajstić information content (AvgIpc) is 2.74. The van der Waals surface area contributed by atoms with Crippen LogP contribution in [0.25, 0.3) is 0 Å². The first-order chi connectivity index (χ1) is 14.0. The molecule has 7 heteroatoms. The van der Waals surface area contributed by atoms with E-state index in [9.17, 15) is 9.59 Å². The van der Waals surface area contributed by atoms with Gasteiger partial charge in [-0.2, -0.15) is 0 Å². The third kappa shape index (κ3) is 5.28. The average molecular weight is 430 g/mol. The highest BCUT2D eigenvalue weighted by Crippen LogP contribution is 2.23. The maximum absolute atomic E-state index is 12.5. The minimum atomic E-state index is -0.578. The van der Waals surface area contributed by atoms with Gasteiger partial charge in [-0.1, -0.05) is 41.4 Å². The fourth-order valence-electron chi connectivity index (χ4n) is 2.55. The quantitative estimate of drug-likeness (QED) is 0.517. The molecule has 148 valence electrons. The summed E-state index contributed by atoms with van der Waals surface area (Å²) in [6.45, 7) is 0.326. The molecule has 0 unspecified atom stereocenters. The molecular formula is C22H17Cl2NO4. The summed E-state index contributed by atoms with van der Waals surface area (Å²) in [4.78, 5) is 24.2. The van der Waals surface area contributed by atoms with E-state index in [1.807, 2.05) is 18.2 Å². The summed E-state index contributed by atoms with van der Waals surface area (Å²) >= 11 is 12.1. The molecule has 0 aliphatic rings. The van der Waals surface area contributed by atoms with Crippen molar-refractivity contribution in [2.75, 3.05) is 12.4 Å². The minimum absolute atomic E-state index is 0.176. The van der Waals surface area contributed by atoms with Crippen molar-refractivity contribution in [2.45, 2.75) is 6.61 Å². The Kier molecular flexibility index (Phi) is 6.75. The van der Waals surface area contributed by atoms with Crippen molar-refractivity contribution >= 4 is 40.8 Å². The van der Waals surface area contributed by atoms with Gasteiger partial charge < -0.3 is 14.8 Å². The summed E-state index contributed by atoms with van der Waals surface area (Å²) in [6, 6.07) is 18.7. The van der Waals surface area contributed by atoms with Gasteiger partial charge in [-0.25, -0.2) is 4.79 Å². The summed E-state index contributed by atoms with van der Waals surface area (Å²) in [5.41, 5.74) is 1.92. The second-order valence-corrected chi connectivity index (χ2v) is 6.86. The van der Waals surface area contributed by atoms with Crippen molar-refractivity contribution in [1.29, 1.82) is 0 Å². The molecule has 3 aromatic rings. The largest absolute Gasteiger partial charge is 0.489 e. The van der Waals surface area contributed by atoms with Crippen LogP contribution in [-0.4, -0.2) is 19.0 Å². The Bertz CT molecular complexity index is 1040. The van der Waals surface area contributed by atoms with Crippen molar-refractivity contribution < 1.29 is 19.1 Å². The number of anilines is 1. The first-order valence-corrected chi connectivity index (χ1v) is 9.39. The molecule has 0 spiro atoms. The van der Waals surface area contributed by atoms with E-state index in [1.165, 1.54) is 19.2 Å². The van der Waals surface area contributed by atoms with Crippen LogP contribution in [0.15, 0.2) is 66.7 Å². The minimum Gasteiger partial charge on any atom is -0.489 e. The molecule has 0 atom stereocenters. The molecule has 1 amide bonds. The number of esters is 1. The lowest BCUT2D eigenvalue weighted by Crippen LogP contribution is -2.12. The molecule has 0 radical (unpaired) electrons. The Labute approximate surface area is 178 Å². The van der Waals surface area contributed by atoms with Gasteiger partial charge in [0.2, 0.25) is 0 Å². The van der Waals surface area contributed by atoms with Gasteiger partial charge in [0.25, 0.3) is 5.91 Å². The smallest absolute Gasteiger partial charge is 0.339 e. The van der Waals surface area contributed by atoms with E-state index in [0.29, 0.717) is 28.6 Å². The van der Waals surface area contributed by atoms with Gasteiger partial charge in [0.1, 0.15) is 12.4 Å². The SMILES string of the molecule is COC(=O)c1cc(NC(=O)c2ccc(OCc3ccccc3Cl)cc2)ccc1Cl. The molecule has 0 fully saturated rings. The predicted octanol–water partition coefficient (Wildman–Crippen LogP) is 5.61. The van der Waals surface area contributed by atoms with Gasteiger partial charge in [-0.15, -0.1) is 0 Å². The van der Waals surface area contributed by atoms with E-state index < -0.39 is 5.97 Å². The van der Waals surface area contributed by atoms with Crippen LogP contribution in [0.4, 0.5) is 5.69 Å². The van der Waals surface area contributed by atoms with E-state index in [1.54, 1.807) is 36.4 Å². The molecule has 3 aromatic carbocycles. The van der Waals surface area contributed by atoms with Crippen LogP contribution in [-0.2, 0) is 11.3 Å². The van der Waals surface area contributed by atoms with Crippen LogP contribution in [0.2, 0.25) is 10.0 Å². The Morgan fingerprint density at radius 1 is 0.931 bits per heavy atom. The van der Waals surface area contributed by atoms with Gasteiger partial charge >= 0.3 is 5.97 Å². The normalized spacial score (nSPS) is 10.3. The third-order valence-corrected chi connectivity index (χ3v) is 4.80. The number of ether oxygens (including phenoxy) is 2. The number of carbonyl (C=O) groups excluding carboxylic acids is 2. The van der Waals surface area contributed by atoms with E-state index in [2.05, 4.69) is 10.1 Å². The predicted molar refractivity (Wildman–Crippen MR) is 113 cm³/mol. The number of halogens is 2. The number of hydrogen-bond acceptors (Lipinski definition) is 4. The fourth-order valence-corrected chi connectivity index (χ4v) is 2.94. The molecule has 0 heterocycles. The summed E-state index contributed by atoms with van der Waals surface area (Å²) in [5, 5.41) is 3.61. The van der Waals surface area contributed by atoms with Gasteiger partial charge in [0, 0.05) is 21.8 Å². The zero-order chi connectivity index (χ0) is 20.8. The molecule has 0 aliphatic heterocycles. The maximum Gasteiger partial charge on any atom is 0.339 e. The monoisotopic (exact) mass is 429 g/mol. The third-order valence-electron chi connectivity index (χ3n) is 4.10. The van der Waals surface area contributed by atoms with Crippen molar-refractivity contribution in [2.24, 2.45) is 0 Å². The van der Waals surface area contributed by atoms with Crippen LogP contribution in [0.5, 0.6) is 5.75 Å². The first-order valence-electron chi connectivity index (χ1n) is 8.63. The molecule has 29 heavy (non-hydrogen) atoms. The number of rotatable bonds is 6. The summed E-state index contributed by atoms with van der Waals surface area (Å²) in [7, 11) is 1.26. The maximum atomic E-state index is 12.5. The molecule has 5 nitrogen and oxygen atoms in total. The standard InChI is InChI=1S/C22H17Cl2NO4/c1-28-22(27)18-12-16(8-11-20(18)24)25-21(26)14-6-9-17(10-7-14)29-13-15-4-2-3-5-19(15)23/h2-12H,13H2,1H3,(H,25,26).